The summed E-state index contributed by atoms with van der Waals surface area (Å²) in [5.74, 6) is -2.01. The highest BCUT2D eigenvalue weighted by molar-refractivity contribution is 5.79. The van der Waals surface area contributed by atoms with E-state index < -0.39 is 11.9 Å². The predicted molar refractivity (Wildman–Crippen MR) is 40.9 cm³/mol. The predicted octanol–water partition coefficient (Wildman–Crippen LogP) is -0.0258. The number of carbonyl (C=O) groups is 1. The van der Waals surface area contributed by atoms with Crippen LogP contribution in [-0.4, -0.2) is 36.9 Å². The molecule has 0 unspecified atom stereocenters. The zero-order chi connectivity index (χ0) is 9.31. The number of rotatable bonds is 2. The molecule has 0 aromatic heterocycles. The smallest absolute Gasteiger partial charge is 0.328 e. The van der Waals surface area contributed by atoms with Crippen molar-refractivity contribution in [3.8, 4) is 0 Å². The van der Waals surface area contributed by atoms with Crippen molar-refractivity contribution >= 4 is 5.97 Å². The van der Waals surface area contributed by atoms with Crippen LogP contribution in [0.15, 0.2) is 12.2 Å². The Morgan fingerprint density at radius 1 is 1.31 bits per heavy atom. The average molecular weight is 186 g/mol. The molecule has 3 fully saturated rings. The van der Waals surface area contributed by atoms with Gasteiger partial charge in [-0.25, -0.2) is 4.79 Å². The molecule has 0 spiro atoms. The van der Waals surface area contributed by atoms with Crippen molar-refractivity contribution in [2.24, 2.45) is 5.92 Å². The fourth-order valence-electron chi connectivity index (χ4n) is 1.29. The number of fused-ring (bicyclic) bond motifs is 3. The molecule has 0 aromatic rings. The highest BCUT2D eigenvalue weighted by Crippen LogP contribution is 2.30. The zero-order valence-corrected chi connectivity index (χ0v) is 6.93. The van der Waals surface area contributed by atoms with E-state index in [1.807, 2.05) is 0 Å². The standard InChI is InChI=1S/C8H10O5/c9-7(10)1-2-8-11-3-6(4-12-8)5-13-8/h1-2,6H,3-5H2,(H,9,10)/b2-1+. The van der Waals surface area contributed by atoms with Crippen molar-refractivity contribution in [1.29, 1.82) is 0 Å². The highest BCUT2D eigenvalue weighted by atomic mass is 16.9. The number of carboxylic acids is 1. The molecule has 0 aliphatic carbocycles. The van der Waals surface area contributed by atoms with E-state index in [4.69, 9.17) is 19.3 Å². The van der Waals surface area contributed by atoms with Gasteiger partial charge < -0.3 is 19.3 Å². The van der Waals surface area contributed by atoms with Crippen molar-refractivity contribution < 1.29 is 24.1 Å². The number of ether oxygens (including phenoxy) is 3. The van der Waals surface area contributed by atoms with Gasteiger partial charge in [0, 0.05) is 18.1 Å². The van der Waals surface area contributed by atoms with Crippen molar-refractivity contribution in [3.63, 3.8) is 0 Å². The lowest BCUT2D eigenvalue weighted by Gasteiger charge is -2.43. The molecule has 3 saturated heterocycles. The Hall–Kier alpha value is -0.910. The van der Waals surface area contributed by atoms with Crippen LogP contribution in [-0.2, 0) is 19.0 Å². The molecule has 2 bridgehead atoms. The Bertz CT molecular complexity index is 225. The van der Waals surface area contributed by atoms with Crippen molar-refractivity contribution in [3.05, 3.63) is 12.2 Å². The normalized spacial score (nSPS) is 38.3. The van der Waals surface area contributed by atoms with Gasteiger partial charge in [0.05, 0.1) is 19.8 Å². The van der Waals surface area contributed by atoms with Gasteiger partial charge in [-0.2, -0.15) is 0 Å². The minimum absolute atomic E-state index is 0.278. The number of aliphatic carboxylic acids is 1. The second kappa shape index (κ2) is 3.10. The Balaban J connectivity index is 2.06. The van der Waals surface area contributed by atoms with Crippen LogP contribution in [0.5, 0.6) is 0 Å². The minimum atomic E-state index is -1.24. The molecule has 3 aliphatic rings. The molecule has 72 valence electrons. The molecule has 3 aliphatic heterocycles. The van der Waals surface area contributed by atoms with E-state index in [9.17, 15) is 4.79 Å². The van der Waals surface area contributed by atoms with Crippen LogP contribution in [0.3, 0.4) is 0 Å². The van der Waals surface area contributed by atoms with Crippen molar-refractivity contribution in [1.82, 2.24) is 0 Å². The van der Waals surface area contributed by atoms with Gasteiger partial charge in [0.15, 0.2) is 0 Å². The average Bonchev–Trinajstić information content (AvgIpc) is 2.18. The third-order valence-electron chi connectivity index (χ3n) is 1.99. The molecule has 0 saturated carbocycles. The summed E-state index contributed by atoms with van der Waals surface area (Å²) in [5, 5.41) is 8.41. The van der Waals surface area contributed by atoms with E-state index in [0.717, 1.165) is 6.08 Å². The molecular formula is C8H10O5. The minimum Gasteiger partial charge on any atom is -0.478 e. The third-order valence-corrected chi connectivity index (χ3v) is 1.99. The summed E-state index contributed by atoms with van der Waals surface area (Å²) in [4.78, 5) is 10.3. The molecule has 3 rings (SSSR count). The first kappa shape index (κ1) is 8.68. The van der Waals surface area contributed by atoms with Crippen LogP contribution in [0.1, 0.15) is 0 Å². The summed E-state index contributed by atoms with van der Waals surface area (Å²) in [7, 11) is 0. The second-order valence-electron chi connectivity index (χ2n) is 3.07. The molecule has 0 radical (unpaired) electrons. The first-order chi connectivity index (χ1) is 6.20. The molecule has 13 heavy (non-hydrogen) atoms. The highest BCUT2D eigenvalue weighted by Gasteiger charge is 2.42. The Morgan fingerprint density at radius 3 is 2.31 bits per heavy atom. The van der Waals surface area contributed by atoms with E-state index in [0.29, 0.717) is 19.8 Å². The molecule has 3 heterocycles. The van der Waals surface area contributed by atoms with Crippen molar-refractivity contribution in [2.75, 3.05) is 19.8 Å². The largest absolute Gasteiger partial charge is 0.478 e. The third kappa shape index (κ3) is 1.72. The first-order valence-electron chi connectivity index (χ1n) is 4.04. The van der Waals surface area contributed by atoms with Gasteiger partial charge in [-0.05, 0) is 0 Å². The van der Waals surface area contributed by atoms with Crippen LogP contribution >= 0.6 is 0 Å². The van der Waals surface area contributed by atoms with Gasteiger partial charge in [-0.3, -0.25) is 0 Å². The number of hydrogen-bond donors (Lipinski definition) is 1. The molecule has 0 aromatic carbocycles. The van der Waals surface area contributed by atoms with Crippen molar-refractivity contribution in [2.45, 2.75) is 5.97 Å². The van der Waals surface area contributed by atoms with E-state index in [1.165, 1.54) is 6.08 Å². The van der Waals surface area contributed by atoms with Gasteiger partial charge >= 0.3 is 11.9 Å². The van der Waals surface area contributed by atoms with E-state index in [-0.39, 0.29) is 5.92 Å². The van der Waals surface area contributed by atoms with Gasteiger partial charge in [0.1, 0.15) is 0 Å². The summed E-state index contributed by atoms with van der Waals surface area (Å²) >= 11 is 0. The monoisotopic (exact) mass is 186 g/mol. The molecule has 5 nitrogen and oxygen atoms in total. The van der Waals surface area contributed by atoms with Gasteiger partial charge in [-0.15, -0.1) is 0 Å². The molecule has 0 amide bonds. The Kier molecular flexibility index (Phi) is 2.07. The maximum atomic E-state index is 10.3. The topological polar surface area (TPSA) is 65.0 Å². The van der Waals surface area contributed by atoms with Gasteiger partial charge in [0.25, 0.3) is 0 Å². The lowest BCUT2D eigenvalue weighted by atomic mass is 10.1. The van der Waals surface area contributed by atoms with E-state index in [1.54, 1.807) is 0 Å². The first-order valence-corrected chi connectivity index (χ1v) is 4.04. The van der Waals surface area contributed by atoms with E-state index in [2.05, 4.69) is 0 Å². The van der Waals surface area contributed by atoms with Crippen LogP contribution < -0.4 is 0 Å². The molecular weight excluding hydrogens is 176 g/mol. The SMILES string of the molecule is O=C(O)/C=C/C12OCC(CO1)CO2. The number of carboxylic acid groups (broad SMARTS) is 1. The summed E-state index contributed by atoms with van der Waals surface area (Å²) in [5.41, 5.74) is 0. The maximum Gasteiger partial charge on any atom is 0.328 e. The summed E-state index contributed by atoms with van der Waals surface area (Å²) in [6, 6.07) is 0. The van der Waals surface area contributed by atoms with E-state index >= 15 is 0 Å². The summed E-state index contributed by atoms with van der Waals surface area (Å²) in [6.45, 7) is 1.68. The lowest BCUT2D eigenvalue weighted by Crippen LogP contribution is -2.52. The Labute approximate surface area is 74.9 Å². The van der Waals surface area contributed by atoms with Gasteiger partial charge in [-0.1, -0.05) is 0 Å². The van der Waals surface area contributed by atoms with Crippen LogP contribution in [0.4, 0.5) is 0 Å². The second-order valence-corrected chi connectivity index (χ2v) is 3.07. The lowest BCUT2D eigenvalue weighted by molar-refractivity contribution is -0.422. The van der Waals surface area contributed by atoms with Gasteiger partial charge in [0.2, 0.25) is 0 Å². The molecule has 0 atom stereocenters. The quantitative estimate of drug-likeness (QED) is 0.613. The summed E-state index contributed by atoms with van der Waals surface area (Å²) < 4.78 is 15.7. The molecule has 5 heteroatoms. The number of hydrogen-bond acceptors (Lipinski definition) is 4. The molecule has 1 N–H and O–H groups in total. The maximum absolute atomic E-state index is 10.3. The van der Waals surface area contributed by atoms with Crippen LogP contribution in [0.25, 0.3) is 0 Å². The zero-order valence-electron chi connectivity index (χ0n) is 6.93. The Morgan fingerprint density at radius 2 is 1.85 bits per heavy atom. The summed E-state index contributed by atoms with van der Waals surface area (Å²) in [6.07, 6.45) is 2.25. The van der Waals surface area contributed by atoms with Crippen LogP contribution in [0, 0.1) is 5.92 Å². The van der Waals surface area contributed by atoms with Crippen LogP contribution in [0.2, 0.25) is 0 Å². The fraction of sp³-hybridized carbons (Fsp3) is 0.625. The fourth-order valence-corrected chi connectivity index (χ4v) is 1.29.